The van der Waals surface area contributed by atoms with Gasteiger partial charge in [0.15, 0.2) is 0 Å². The first-order valence-electron chi connectivity index (χ1n) is 10.8. The number of hydrogen-bond acceptors (Lipinski definition) is 6. The Bertz CT molecular complexity index is 969. The Balaban J connectivity index is 1.49. The van der Waals surface area contributed by atoms with Crippen molar-refractivity contribution in [3.63, 3.8) is 0 Å². The van der Waals surface area contributed by atoms with Crippen LogP contribution < -0.4 is 15.0 Å². The second-order valence-corrected chi connectivity index (χ2v) is 7.82. The maximum atomic E-state index is 12.9. The number of nitrogens with one attached hydrogen (secondary N) is 1. The van der Waals surface area contributed by atoms with Gasteiger partial charge in [0, 0.05) is 38.0 Å². The van der Waals surface area contributed by atoms with Crippen molar-refractivity contribution >= 4 is 23.4 Å². The van der Waals surface area contributed by atoms with Crippen LogP contribution in [0.1, 0.15) is 34.8 Å². The van der Waals surface area contributed by atoms with Gasteiger partial charge in [-0.3, -0.25) is 24.2 Å². The molecule has 2 aromatic rings. The number of amides is 3. The van der Waals surface area contributed by atoms with Crippen molar-refractivity contribution in [2.45, 2.75) is 18.9 Å². The summed E-state index contributed by atoms with van der Waals surface area (Å²) in [6, 6.07) is 14.5. The van der Waals surface area contributed by atoms with E-state index in [0.717, 1.165) is 29.3 Å². The molecular formula is C24H27N3O5. The van der Waals surface area contributed by atoms with Gasteiger partial charge >= 0.3 is 0 Å². The fourth-order valence-corrected chi connectivity index (χ4v) is 4.12. The van der Waals surface area contributed by atoms with Crippen molar-refractivity contribution in [2.24, 2.45) is 0 Å². The summed E-state index contributed by atoms with van der Waals surface area (Å²) in [4.78, 5) is 40.5. The van der Waals surface area contributed by atoms with Crippen molar-refractivity contribution < 1.29 is 23.9 Å². The number of ether oxygens (including phenoxy) is 2. The first-order chi connectivity index (χ1) is 15.6. The number of nitrogens with zero attached hydrogens (tertiary/aromatic N) is 2. The lowest BCUT2D eigenvalue weighted by atomic mass is 10.0. The molecule has 2 fully saturated rings. The molecule has 8 heteroatoms. The summed E-state index contributed by atoms with van der Waals surface area (Å²) in [5, 5.41) is 3.02. The van der Waals surface area contributed by atoms with Crippen molar-refractivity contribution in [2.75, 3.05) is 44.9 Å². The van der Waals surface area contributed by atoms with Gasteiger partial charge in [0.1, 0.15) is 5.75 Å². The lowest BCUT2D eigenvalue weighted by molar-refractivity contribution is -0.121. The van der Waals surface area contributed by atoms with Crippen LogP contribution in [0.25, 0.3) is 0 Å². The Morgan fingerprint density at radius 2 is 1.75 bits per heavy atom. The zero-order valence-corrected chi connectivity index (χ0v) is 18.1. The van der Waals surface area contributed by atoms with Crippen LogP contribution in [0.15, 0.2) is 48.5 Å². The number of morpholine rings is 1. The molecule has 32 heavy (non-hydrogen) atoms. The van der Waals surface area contributed by atoms with E-state index in [1.54, 1.807) is 31.4 Å². The first kappa shape index (κ1) is 22.0. The van der Waals surface area contributed by atoms with Crippen LogP contribution in [0.3, 0.4) is 0 Å². The highest BCUT2D eigenvalue weighted by Gasteiger charge is 2.30. The summed E-state index contributed by atoms with van der Waals surface area (Å²) in [6.45, 7) is 3.28. The minimum absolute atomic E-state index is 0.0151. The monoisotopic (exact) mass is 437 g/mol. The number of carbonyl (C=O) groups is 3. The van der Waals surface area contributed by atoms with Gasteiger partial charge in [-0.1, -0.05) is 18.2 Å². The van der Waals surface area contributed by atoms with Crippen LogP contribution in [-0.2, 0) is 14.3 Å². The third-order valence-corrected chi connectivity index (χ3v) is 5.86. The topological polar surface area (TPSA) is 88.2 Å². The lowest BCUT2D eigenvalue weighted by Crippen LogP contribution is -2.43. The summed E-state index contributed by atoms with van der Waals surface area (Å²) >= 11 is 0. The van der Waals surface area contributed by atoms with Crippen LogP contribution in [0.5, 0.6) is 5.75 Å². The molecule has 2 aliphatic heterocycles. The van der Waals surface area contributed by atoms with Crippen LogP contribution in [0.4, 0.5) is 5.69 Å². The maximum Gasteiger partial charge on any atom is 0.251 e. The predicted molar refractivity (Wildman–Crippen MR) is 119 cm³/mol. The average Bonchev–Trinajstić information content (AvgIpc) is 3.18. The van der Waals surface area contributed by atoms with Crippen molar-refractivity contribution in [1.82, 2.24) is 10.2 Å². The number of imide groups is 1. The molecule has 0 saturated carbocycles. The molecule has 2 aromatic carbocycles. The number of hydrogen-bond donors (Lipinski definition) is 1. The molecule has 1 atom stereocenters. The van der Waals surface area contributed by atoms with Gasteiger partial charge in [-0.2, -0.15) is 0 Å². The number of anilines is 1. The Morgan fingerprint density at radius 3 is 2.41 bits per heavy atom. The van der Waals surface area contributed by atoms with Gasteiger partial charge < -0.3 is 14.8 Å². The standard InChI is InChI=1S/C24H27N3O5/c1-31-20-7-5-17(6-8-20)21(26-11-13-32-14-12-26)16-25-24(30)18-3-2-4-19(15-18)27-22(28)9-10-23(27)29/h2-8,15,21H,9-14,16H2,1H3,(H,25,30)/t21-/m0/s1. The molecule has 0 aliphatic carbocycles. The van der Waals surface area contributed by atoms with E-state index in [2.05, 4.69) is 10.2 Å². The fraction of sp³-hybridized carbons (Fsp3) is 0.375. The number of rotatable bonds is 7. The molecule has 0 aromatic heterocycles. The number of carbonyl (C=O) groups excluding carboxylic acids is 3. The summed E-state index contributed by atoms with van der Waals surface area (Å²) in [5.74, 6) is 0.0536. The van der Waals surface area contributed by atoms with Gasteiger partial charge in [-0.05, 0) is 35.9 Å². The second-order valence-electron chi connectivity index (χ2n) is 7.82. The quantitative estimate of drug-likeness (QED) is 0.668. The van der Waals surface area contributed by atoms with E-state index in [4.69, 9.17) is 9.47 Å². The van der Waals surface area contributed by atoms with E-state index in [-0.39, 0.29) is 36.6 Å². The van der Waals surface area contributed by atoms with Gasteiger partial charge in [-0.25, -0.2) is 0 Å². The largest absolute Gasteiger partial charge is 0.497 e. The third-order valence-electron chi connectivity index (χ3n) is 5.86. The van der Waals surface area contributed by atoms with E-state index < -0.39 is 0 Å². The van der Waals surface area contributed by atoms with Crippen molar-refractivity contribution in [3.8, 4) is 5.75 Å². The molecule has 0 unspecified atom stereocenters. The third kappa shape index (κ3) is 4.81. The number of benzene rings is 2. The van der Waals surface area contributed by atoms with Gasteiger partial charge in [-0.15, -0.1) is 0 Å². The minimum Gasteiger partial charge on any atom is -0.497 e. The molecule has 1 N–H and O–H groups in total. The molecule has 8 nitrogen and oxygen atoms in total. The Hall–Kier alpha value is -3.23. The van der Waals surface area contributed by atoms with Crippen molar-refractivity contribution in [3.05, 3.63) is 59.7 Å². The first-order valence-corrected chi connectivity index (χ1v) is 10.8. The molecule has 3 amide bonds. The molecular weight excluding hydrogens is 410 g/mol. The van der Waals surface area contributed by atoms with Gasteiger partial charge in [0.2, 0.25) is 11.8 Å². The molecule has 2 saturated heterocycles. The summed E-state index contributed by atoms with van der Waals surface area (Å²) in [5.41, 5.74) is 1.92. The van der Waals surface area contributed by atoms with E-state index in [9.17, 15) is 14.4 Å². The summed E-state index contributed by atoms with van der Waals surface area (Å²) in [6.07, 6.45) is 0.413. The highest BCUT2D eigenvalue weighted by atomic mass is 16.5. The molecule has 0 radical (unpaired) electrons. The van der Waals surface area contributed by atoms with Gasteiger partial charge in [0.25, 0.3) is 5.91 Å². The molecule has 2 aliphatic rings. The Kier molecular flexibility index (Phi) is 6.82. The zero-order valence-electron chi connectivity index (χ0n) is 18.1. The minimum atomic E-state index is -0.252. The molecule has 0 spiro atoms. The van der Waals surface area contributed by atoms with E-state index in [1.165, 1.54) is 0 Å². The molecule has 168 valence electrons. The highest BCUT2D eigenvalue weighted by molar-refractivity contribution is 6.20. The highest BCUT2D eigenvalue weighted by Crippen LogP contribution is 2.25. The SMILES string of the molecule is COc1ccc([C@H](CNC(=O)c2cccc(N3C(=O)CCC3=O)c2)N2CCOCC2)cc1. The Labute approximate surface area is 187 Å². The summed E-state index contributed by atoms with van der Waals surface area (Å²) in [7, 11) is 1.63. The fourth-order valence-electron chi connectivity index (χ4n) is 4.12. The lowest BCUT2D eigenvalue weighted by Gasteiger charge is -2.35. The van der Waals surface area contributed by atoms with E-state index in [0.29, 0.717) is 31.0 Å². The van der Waals surface area contributed by atoms with Crippen LogP contribution in [0, 0.1) is 0 Å². The molecule has 4 rings (SSSR count). The van der Waals surface area contributed by atoms with Crippen molar-refractivity contribution in [1.29, 1.82) is 0 Å². The van der Waals surface area contributed by atoms with Crippen LogP contribution >= 0.6 is 0 Å². The summed E-state index contributed by atoms with van der Waals surface area (Å²) < 4.78 is 10.8. The predicted octanol–water partition coefficient (Wildman–Crippen LogP) is 2.15. The van der Waals surface area contributed by atoms with E-state index >= 15 is 0 Å². The molecule has 2 heterocycles. The average molecular weight is 437 g/mol. The van der Waals surface area contributed by atoms with Crippen LogP contribution in [-0.4, -0.2) is 62.6 Å². The van der Waals surface area contributed by atoms with Gasteiger partial charge in [0.05, 0.1) is 32.1 Å². The maximum absolute atomic E-state index is 12.9. The normalized spacial score (nSPS) is 18.0. The second kappa shape index (κ2) is 9.93. The molecule has 0 bridgehead atoms. The van der Waals surface area contributed by atoms with E-state index in [1.807, 2.05) is 24.3 Å². The zero-order chi connectivity index (χ0) is 22.5. The smallest absolute Gasteiger partial charge is 0.251 e. The Morgan fingerprint density at radius 1 is 1.06 bits per heavy atom. The number of methoxy groups -OCH3 is 1. The van der Waals surface area contributed by atoms with Crippen LogP contribution in [0.2, 0.25) is 0 Å².